The molecule has 0 atom stereocenters. The van der Waals surface area contributed by atoms with Crippen molar-refractivity contribution in [3.63, 3.8) is 0 Å². The second-order valence-corrected chi connectivity index (χ2v) is 9.91. The van der Waals surface area contributed by atoms with E-state index in [0.29, 0.717) is 6.61 Å². The molecule has 4 nitrogen and oxygen atoms in total. The molecule has 0 amide bonds. The fourth-order valence-corrected chi connectivity index (χ4v) is 5.15. The molecule has 0 spiro atoms. The fourth-order valence-electron chi connectivity index (χ4n) is 5.15. The van der Waals surface area contributed by atoms with Crippen LogP contribution in [0.4, 0.5) is 17.1 Å². The van der Waals surface area contributed by atoms with Crippen molar-refractivity contribution in [1.82, 2.24) is 4.90 Å². The van der Waals surface area contributed by atoms with Gasteiger partial charge in [0.25, 0.3) is 0 Å². The summed E-state index contributed by atoms with van der Waals surface area (Å²) in [5.41, 5.74) is 8.64. The van der Waals surface area contributed by atoms with Crippen molar-refractivity contribution in [3.05, 3.63) is 120 Å². The Hall–Kier alpha value is -4.02. The first kappa shape index (κ1) is 23.4. The Balaban J connectivity index is 1.19. The molecular weight excluding hydrogens is 454 g/mol. The number of piperazine rings is 1. The van der Waals surface area contributed by atoms with Crippen LogP contribution in [-0.4, -0.2) is 38.1 Å². The zero-order valence-electron chi connectivity index (χ0n) is 21.4. The lowest BCUT2D eigenvalue weighted by molar-refractivity contribution is 0.306. The molecule has 0 N–H and O–H groups in total. The highest BCUT2D eigenvalue weighted by atomic mass is 16.5. The number of anilines is 3. The van der Waals surface area contributed by atoms with E-state index in [4.69, 9.17) is 4.74 Å². The third kappa shape index (κ3) is 5.25. The molecule has 37 heavy (non-hydrogen) atoms. The Labute approximate surface area is 220 Å². The molecule has 0 unspecified atom stereocenters. The van der Waals surface area contributed by atoms with Crippen molar-refractivity contribution < 1.29 is 4.74 Å². The minimum absolute atomic E-state index is 0.571. The Morgan fingerprint density at radius 2 is 1.46 bits per heavy atom. The van der Waals surface area contributed by atoms with Gasteiger partial charge in [-0.2, -0.15) is 0 Å². The molecule has 4 aromatic carbocycles. The number of allylic oxidation sites excluding steroid dienone is 1. The van der Waals surface area contributed by atoms with Crippen molar-refractivity contribution in [3.8, 4) is 16.9 Å². The van der Waals surface area contributed by atoms with Gasteiger partial charge in [-0.3, -0.25) is 0 Å². The quantitative estimate of drug-likeness (QED) is 0.295. The van der Waals surface area contributed by atoms with Gasteiger partial charge in [-0.25, -0.2) is 0 Å². The van der Waals surface area contributed by atoms with Crippen LogP contribution >= 0.6 is 0 Å². The predicted molar refractivity (Wildman–Crippen MR) is 154 cm³/mol. The number of nitrogens with zero attached hydrogens (tertiary/aromatic N) is 3. The predicted octanol–water partition coefficient (Wildman–Crippen LogP) is 6.89. The standard InChI is InChI=1S/C33H33N3O/c1-34-19-21-35(22-20-34)30-13-15-31(16-14-30)36-18-6-10-29-23-28(12-17-33(29)36)27-9-5-11-32(24-27)37-25-26-7-3-2-4-8-26/h2-9,11-18,23-24H,10,19-22,25H2,1H3. The SMILES string of the molecule is CN1CCN(c2ccc(N3C=CCc4cc(-c5cccc(OCc6ccccc6)c5)ccc43)cc2)CC1. The molecule has 2 heterocycles. The van der Waals surface area contributed by atoms with Crippen LogP contribution in [0.1, 0.15) is 11.1 Å². The Morgan fingerprint density at radius 1 is 0.703 bits per heavy atom. The largest absolute Gasteiger partial charge is 0.489 e. The third-order valence-corrected chi connectivity index (χ3v) is 7.34. The van der Waals surface area contributed by atoms with Gasteiger partial charge in [0.15, 0.2) is 0 Å². The van der Waals surface area contributed by atoms with Crippen LogP contribution in [-0.2, 0) is 13.0 Å². The molecule has 0 saturated carbocycles. The van der Waals surface area contributed by atoms with Crippen molar-refractivity contribution in [2.45, 2.75) is 13.0 Å². The highest BCUT2D eigenvalue weighted by Gasteiger charge is 2.18. The molecule has 0 bridgehead atoms. The lowest BCUT2D eigenvalue weighted by atomic mass is 9.97. The topological polar surface area (TPSA) is 19.0 Å². The normalized spacial score (nSPS) is 15.5. The molecule has 186 valence electrons. The van der Waals surface area contributed by atoms with Gasteiger partial charge >= 0.3 is 0 Å². The van der Waals surface area contributed by atoms with E-state index in [1.165, 1.54) is 39.3 Å². The average molecular weight is 488 g/mol. The highest BCUT2D eigenvalue weighted by Crippen LogP contribution is 2.36. The van der Waals surface area contributed by atoms with E-state index in [1.54, 1.807) is 0 Å². The van der Waals surface area contributed by atoms with Crippen molar-refractivity contribution >= 4 is 17.1 Å². The van der Waals surface area contributed by atoms with Gasteiger partial charge in [0.1, 0.15) is 12.4 Å². The maximum atomic E-state index is 6.08. The molecule has 6 rings (SSSR count). The maximum absolute atomic E-state index is 6.08. The van der Waals surface area contributed by atoms with E-state index in [1.807, 2.05) is 24.3 Å². The number of rotatable bonds is 6. The number of benzene rings is 4. The summed E-state index contributed by atoms with van der Waals surface area (Å²) in [4.78, 5) is 7.17. The molecule has 2 aliphatic heterocycles. The summed E-state index contributed by atoms with van der Waals surface area (Å²) in [6.07, 6.45) is 5.38. The maximum Gasteiger partial charge on any atom is 0.120 e. The number of ether oxygens (including phenoxy) is 1. The number of fused-ring (bicyclic) bond motifs is 1. The van der Waals surface area contributed by atoms with Crippen molar-refractivity contribution in [1.29, 1.82) is 0 Å². The van der Waals surface area contributed by atoms with E-state index in [-0.39, 0.29) is 0 Å². The molecule has 4 heteroatoms. The van der Waals surface area contributed by atoms with Gasteiger partial charge in [0, 0.05) is 49.4 Å². The molecule has 2 aliphatic rings. The number of hydrogen-bond donors (Lipinski definition) is 0. The summed E-state index contributed by atoms with van der Waals surface area (Å²) in [6.45, 7) is 4.98. The summed E-state index contributed by atoms with van der Waals surface area (Å²) in [5.74, 6) is 0.890. The van der Waals surface area contributed by atoms with E-state index < -0.39 is 0 Å². The van der Waals surface area contributed by atoms with Crippen molar-refractivity contribution in [2.24, 2.45) is 0 Å². The summed E-state index contributed by atoms with van der Waals surface area (Å²) >= 11 is 0. The first-order valence-electron chi connectivity index (χ1n) is 13.1. The second-order valence-electron chi connectivity index (χ2n) is 9.91. The zero-order valence-corrected chi connectivity index (χ0v) is 21.4. The van der Waals surface area contributed by atoms with Crippen LogP contribution in [0.3, 0.4) is 0 Å². The van der Waals surface area contributed by atoms with Crippen LogP contribution in [0, 0.1) is 0 Å². The monoisotopic (exact) mass is 487 g/mol. The zero-order chi connectivity index (χ0) is 25.0. The minimum atomic E-state index is 0.571. The minimum Gasteiger partial charge on any atom is -0.489 e. The van der Waals surface area contributed by atoms with Crippen LogP contribution in [0.2, 0.25) is 0 Å². The number of hydrogen-bond acceptors (Lipinski definition) is 4. The van der Waals surface area contributed by atoms with Gasteiger partial charge in [0.05, 0.1) is 0 Å². The summed E-state index contributed by atoms with van der Waals surface area (Å²) in [5, 5.41) is 0. The molecule has 1 saturated heterocycles. The fraction of sp³-hybridized carbons (Fsp3) is 0.212. The Bertz CT molecular complexity index is 1370. The first-order chi connectivity index (χ1) is 18.2. The Morgan fingerprint density at radius 3 is 2.27 bits per heavy atom. The summed E-state index contributed by atoms with van der Waals surface area (Å²) in [6, 6.07) is 34.5. The van der Waals surface area contributed by atoms with Gasteiger partial charge in [-0.1, -0.05) is 54.6 Å². The third-order valence-electron chi connectivity index (χ3n) is 7.34. The molecule has 0 aromatic heterocycles. The summed E-state index contributed by atoms with van der Waals surface area (Å²) in [7, 11) is 2.20. The molecule has 1 fully saturated rings. The van der Waals surface area contributed by atoms with Crippen LogP contribution in [0.5, 0.6) is 5.75 Å². The van der Waals surface area contributed by atoms with Gasteiger partial charge in [-0.15, -0.1) is 0 Å². The lowest BCUT2D eigenvalue weighted by Crippen LogP contribution is -2.44. The van der Waals surface area contributed by atoms with E-state index in [2.05, 4.69) is 107 Å². The average Bonchev–Trinajstić information content (AvgIpc) is 2.97. The first-order valence-corrected chi connectivity index (χ1v) is 13.1. The molecule has 0 aliphatic carbocycles. The lowest BCUT2D eigenvalue weighted by Gasteiger charge is -2.34. The smallest absolute Gasteiger partial charge is 0.120 e. The highest BCUT2D eigenvalue weighted by molar-refractivity contribution is 5.76. The van der Waals surface area contributed by atoms with Crippen molar-refractivity contribution in [2.75, 3.05) is 43.0 Å². The Kier molecular flexibility index (Phi) is 6.66. The molecule has 4 aromatic rings. The second kappa shape index (κ2) is 10.5. The van der Waals surface area contributed by atoms with Gasteiger partial charge in [-0.05, 0) is 84.3 Å². The van der Waals surface area contributed by atoms with E-state index >= 15 is 0 Å². The van der Waals surface area contributed by atoms with Crippen LogP contribution < -0.4 is 14.5 Å². The summed E-state index contributed by atoms with van der Waals surface area (Å²) < 4.78 is 6.08. The van der Waals surface area contributed by atoms with E-state index in [0.717, 1.165) is 38.3 Å². The molecular formula is C33H33N3O. The van der Waals surface area contributed by atoms with Gasteiger partial charge < -0.3 is 19.4 Å². The van der Waals surface area contributed by atoms with Crippen LogP contribution in [0.15, 0.2) is 109 Å². The van der Waals surface area contributed by atoms with Gasteiger partial charge in [0.2, 0.25) is 0 Å². The molecule has 0 radical (unpaired) electrons. The van der Waals surface area contributed by atoms with Crippen LogP contribution in [0.25, 0.3) is 11.1 Å². The van der Waals surface area contributed by atoms with E-state index in [9.17, 15) is 0 Å². The number of likely N-dealkylation sites (N-methyl/N-ethyl adjacent to an activating group) is 1.